The summed E-state index contributed by atoms with van der Waals surface area (Å²) in [5.41, 5.74) is 6.05. The fourth-order valence-electron chi connectivity index (χ4n) is 2.80. The van der Waals surface area contributed by atoms with Gasteiger partial charge in [-0.3, -0.25) is 0 Å². The Labute approximate surface area is 137 Å². The zero-order chi connectivity index (χ0) is 16.4. The first-order valence-corrected chi connectivity index (χ1v) is 8.04. The molecule has 3 rings (SSSR count). The molecule has 0 saturated carbocycles. The van der Waals surface area contributed by atoms with Gasteiger partial charge in [-0.15, -0.1) is 0 Å². The molecule has 0 aliphatic rings. The van der Waals surface area contributed by atoms with Crippen LogP contribution < -0.4 is 0 Å². The Balaban J connectivity index is 2.21. The number of aryl methyl sites for hydroxylation is 3. The molecule has 0 atom stereocenters. The maximum atomic E-state index is 10.7. The van der Waals surface area contributed by atoms with Crippen molar-refractivity contribution in [1.29, 1.82) is 0 Å². The third-order valence-corrected chi connectivity index (χ3v) is 3.99. The smallest absolute Gasteiger partial charge is 0.218 e. The molecule has 0 spiro atoms. The molecule has 0 fully saturated rings. The van der Waals surface area contributed by atoms with Gasteiger partial charge in [-0.2, -0.15) is 5.10 Å². The molecular formula is C20H22N2O. The largest absolute Gasteiger partial charge is 0.493 e. The lowest BCUT2D eigenvalue weighted by Gasteiger charge is -2.05. The first-order valence-electron chi connectivity index (χ1n) is 8.04. The summed E-state index contributed by atoms with van der Waals surface area (Å²) in [6, 6.07) is 16.5. The summed E-state index contributed by atoms with van der Waals surface area (Å²) in [5, 5.41) is 15.4. The third-order valence-electron chi connectivity index (χ3n) is 3.99. The van der Waals surface area contributed by atoms with Gasteiger partial charge in [-0.05, 0) is 31.9 Å². The average Bonchev–Trinajstić information content (AvgIpc) is 2.86. The molecule has 0 saturated heterocycles. The van der Waals surface area contributed by atoms with Crippen molar-refractivity contribution in [2.75, 3.05) is 0 Å². The number of hydrogen-bond acceptors (Lipinski definition) is 2. The van der Waals surface area contributed by atoms with Crippen LogP contribution in [-0.2, 0) is 6.54 Å². The van der Waals surface area contributed by atoms with E-state index in [2.05, 4.69) is 50.1 Å². The molecule has 1 heterocycles. The van der Waals surface area contributed by atoms with Gasteiger partial charge < -0.3 is 5.11 Å². The van der Waals surface area contributed by atoms with Crippen molar-refractivity contribution in [3.63, 3.8) is 0 Å². The van der Waals surface area contributed by atoms with E-state index >= 15 is 0 Å². The van der Waals surface area contributed by atoms with E-state index in [1.807, 2.05) is 24.3 Å². The van der Waals surface area contributed by atoms with Gasteiger partial charge in [0.15, 0.2) is 0 Å². The molecule has 2 aromatic carbocycles. The Bertz CT molecular complexity index is 816. The van der Waals surface area contributed by atoms with E-state index in [0.29, 0.717) is 6.54 Å². The zero-order valence-corrected chi connectivity index (χ0v) is 13.9. The first kappa shape index (κ1) is 15.3. The number of benzene rings is 2. The van der Waals surface area contributed by atoms with Crippen LogP contribution in [0.2, 0.25) is 0 Å². The molecule has 3 aromatic rings. The molecule has 3 nitrogen and oxygen atoms in total. The predicted molar refractivity (Wildman–Crippen MR) is 94.5 cm³/mol. The second kappa shape index (κ2) is 6.29. The Hall–Kier alpha value is -2.55. The Morgan fingerprint density at radius 1 is 0.957 bits per heavy atom. The minimum atomic E-state index is 0.243. The maximum Gasteiger partial charge on any atom is 0.218 e. The molecule has 0 unspecified atom stereocenters. The number of aromatic hydroxyl groups is 1. The first-order chi connectivity index (χ1) is 11.1. The van der Waals surface area contributed by atoms with Crippen LogP contribution in [0, 0.1) is 13.8 Å². The van der Waals surface area contributed by atoms with Crippen LogP contribution in [0.4, 0.5) is 0 Å². The SMILES string of the molecule is CCCn1nc(-c2cccc(C)c2)c(-c2ccc(C)cc2)c1O. The number of rotatable bonds is 4. The van der Waals surface area contributed by atoms with Gasteiger partial charge in [0.25, 0.3) is 0 Å². The Kier molecular flexibility index (Phi) is 4.20. The quantitative estimate of drug-likeness (QED) is 0.740. The van der Waals surface area contributed by atoms with E-state index < -0.39 is 0 Å². The van der Waals surface area contributed by atoms with Crippen LogP contribution in [0.1, 0.15) is 24.5 Å². The molecule has 0 radical (unpaired) electrons. The molecule has 0 aliphatic heterocycles. The van der Waals surface area contributed by atoms with Crippen LogP contribution in [0.5, 0.6) is 5.88 Å². The second-order valence-electron chi connectivity index (χ2n) is 6.01. The van der Waals surface area contributed by atoms with Gasteiger partial charge in [-0.1, -0.05) is 60.5 Å². The lowest BCUT2D eigenvalue weighted by Crippen LogP contribution is -1.98. The summed E-state index contributed by atoms with van der Waals surface area (Å²) in [4.78, 5) is 0. The molecule has 0 aliphatic carbocycles. The average molecular weight is 306 g/mol. The molecule has 23 heavy (non-hydrogen) atoms. The van der Waals surface area contributed by atoms with Crippen molar-refractivity contribution in [3.05, 3.63) is 59.7 Å². The van der Waals surface area contributed by atoms with E-state index in [1.165, 1.54) is 11.1 Å². The van der Waals surface area contributed by atoms with E-state index in [0.717, 1.165) is 28.8 Å². The maximum absolute atomic E-state index is 10.7. The molecule has 1 aromatic heterocycles. The number of nitrogens with zero attached hydrogens (tertiary/aromatic N) is 2. The highest BCUT2D eigenvalue weighted by Crippen LogP contribution is 2.38. The molecule has 1 N–H and O–H groups in total. The Morgan fingerprint density at radius 3 is 2.35 bits per heavy atom. The summed E-state index contributed by atoms with van der Waals surface area (Å²) in [7, 11) is 0. The van der Waals surface area contributed by atoms with Gasteiger partial charge in [0.1, 0.15) is 5.69 Å². The van der Waals surface area contributed by atoms with Gasteiger partial charge in [0, 0.05) is 12.1 Å². The van der Waals surface area contributed by atoms with Crippen molar-refractivity contribution in [2.45, 2.75) is 33.7 Å². The highest BCUT2D eigenvalue weighted by atomic mass is 16.3. The van der Waals surface area contributed by atoms with E-state index in [-0.39, 0.29) is 5.88 Å². The fraction of sp³-hybridized carbons (Fsp3) is 0.250. The lowest BCUT2D eigenvalue weighted by atomic mass is 9.99. The lowest BCUT2D eigenvalue weighted by molar-refractivity contribution is 0.399. The molecule has 118 valence electrons. The topological polar surface area (TPSA) is 38.0 Å². The van der Waals surface area contributed by atoms with E-state index in [9.17, 15) is 5.11 Å². The van der Waals surface area contributed by atoms with Crippen LogP contribution >= 0.6 is 0 Å². The van der Waals surface area contributed by atoms with Gasteiger partial charge >= 0.3 is 0 Å². The number of hydrogen-bond donors (Lipinski definition) is 1. The highest BCUT2D eigenvalue weighted by molar-refractivity contribution is 5.84. The van der Waals surface area contributed by atoms with Gasteiger partial charge in [0.2, 0.25) is 5.88 Å². The van der Waals surface area contributed by atoms with Crippen LogP contribution in [0.15, 0.2) is 48.5 Å². The standard InChI is InChI=1S/C20H22N2O/c1-4-12-22-20(23)18(16-10-8-14(2)9-11-16)19(21-22)17-7-5-6-15(3)13-17/h5-11,13,23H,4,12H2,1-3H3. The minimum Gasteiger partial charge on any atom is -0.493 e. The molecule has 0 amide bonds. The normalized spacial score (nSPS) is 10.9. The summed E-state index contributed by atoms with van der Waals surface area (Å²) in [6.45, 7) is 6.92. The monoisotopic (exact) mass is 306 g/mol. The van der Waals surface area contributed by atoms with Crippen LogP contribution in [-0.4, -0.2) is 14.9 Å². The summed E-state index contributed by atoms with van der Waals surface area (Å²) in [5.74, 6) is 0.243. The van der Waals surface area contributed by atoms with Crippen molar-refractivity contribution in [1.82, 2.24) is 9.78 Å². The summed E-state index contributed by atoms with van der Waals surface area (Å²) in [6.07, 6.45) is 0.926. The van der Waals surface area contributed by atoms with Crippen LogP contribution in [0.25, 0.3) is 22.4 Å². The van der Waals surface area contributed by atoms with E-state index in [1.54, 1.807) is 4.68 Å². The molecular weight excluding hydrogens is 284 g/mol. The predicted octanol–water partition coefficient (Wildman–Crippen LogP) is 4.95. The molecule has 3 heteroatoms. The fourth-order valence-corrected chi connectivity index (χ4v) is 2.80. The van der Waals surface area contributed by atoms with Gasteiger partial charge in [0.05, 0.1) is 5.56 Å². The second-order valence-corrected chi connectivity index (χ2v) is 6.01. The number of aromatic nitrogens is 2. The Morgan fingerprint density at radius 2 is 1.70 bits per heavy atom. The van der Waals surface area contributed by atoms with Gasteiger partial charge in [-0.25, -0.2) is 4.68 Å². The molecule has 0 bridgehead atoms. The van der Waals surface area contributed by atoms with Crippen LogP contribution in [0.3, 0.4) is 0 Å². The van der Waals surface area contributed by atoms with Crippen molar-refractivity contribution in [3.8, 4) is 28.3 Å². The summed E-state index contributed by atoms with van der Waals surface area (Å²) < 4.78 is 1.70. The zero-order valence-electron chi connectivity index (χ0n) is 13.9. The van der Waals surface area contributed by atoms with Crippen molar-refractivity contribution < 1.29 is 5.11 Å². The highest BCUT2D eigenvalue weighted by Gasteiger charge is 2.20. The van der Waals surface area contributed by atoms with Crippen molar-refractivity contribution in [2.24, 2.45) is 0 Å². The van der Waals surface area contributed by atoms with E-state index in [4.69, 9.17) is 0 Å². The third kappa shape index (κ3) is 3.00. The minimum absolute atomic E-state index is 0.243. The van der Waals surface area contributed by atoms with Crippen molar-refractivity contribution >= 4 is 0 Å². The summed E-state index contributed by atoms with van der Waals surface area (Å²) >= 11 is 0.